The molecule has 0 aliphatic heterocycles. The van der Waals surface area contributed by atoms with Crippen molar-refractivity contribution in [3.63, 3.8) is 0 Å². The van der Waals surface area contributed by atoms with E-state index in [1.165, 1.54) is 6.21 Å². The molecule has 4 rings (SSSR count). The minimum atomic E-state index is -0.482. The molecule has 0 saturated carbocycles. The molecule has 170 valence electrons. The fourth-order valence-corrected chi connectivity index (χ4v) is 3.55. The van der Waals surface area contributed by atoms with E-state index in [9.17, 15) is 9.59 Å². The minimum Gasteiger partial charge on any atom is -0.484 e. The highest BCUT2D eigenvalue weighted by Crippen LogP contribution is 2.23. The van der Waals surface area contributed by atoms with Crippen molar-refractivity contribution < 1.29 is 19.1 Å². The number of carbonyl (C=O) groups is 2. The van der Waals surface area contributed by atoms with E-state index < -0.39 is 11.9 Å². The Labute approximate surface area is 205 Å². The lowest BCUT2D eigenvalue weighted by molar-refractivity contribution is -0.123. The summed E-state index contributed by atoms with van der Waals surface area (Å²) in [6, 6.07) is 25.8. The second kappa shape index (κ2) is 10.8. The minimum absolute atomic E-state index is 0.191. The van der Waals surface area contributed by atoms with Gasteiger partial charge in [0.2, 0.25) is 0 Å². The van der Waals surface area contributed by atoms with Crippen LogP contribution >= 0.6 is 15.9 Å². The topological polar surface area (TPSA) is 77.0 Å². The van der Waals surface area contributed by atoms with Crippen LogP contribution in [0.1, 0.15) is 21.5 Å². The van der Waals surface area contributed by atoms with Crippen molar-refractivity contribution in [3.05, 3.63) is 106 Å². The van der Waals surface area contributed by atoms with Gasteiger partial charge in [0.15, 0.2) is 6.61 Å². The zero-order valence-corrected chi connectivity index (χ0v) is 19.9. The smallest absolute Gasteiger partial charge is 0.343 e. The number of ether oxygens (including phenoxy) is 2. The normalized spacial score (nSPS) is 10.9. The van der Waals surface area contributed by atoms with E-state index in [1.807, 2.05) is 61.5 Å². The van der Waals surface area contributed by atoms with Crippen LogP contribution in [0.5, 0.6) is 11.5 Å². The lowest BCUT2D eigenvalue weighted by atomic mass is 10.1. The molecule has 0 atom stereocenters. The van der Waals surface area contributed by atoms with E-state index in [4.69, 9.17) is 9.47 Å². The molecule has 0 bridgehead atoms. The van der Waals surface area contributed by atoms with Crippen molar-refractivity contribution in [2.75, 3.05) is 6.61 Å². The average Bonchev–Trinajstić information content (AvgIpc) is 2.84. The first kappa shape index (κ1) is 23.2. The number of rotatable bonds is 7. The van der Waals surface area contributed by atoms with Crippen molar-refractivity contribution in [2.45, 2.75) is 6.92 Å². The zero-order chi connectivity index (χ0) is 23.9. The Bertz CT molecular complexity index is 1370. The Morgan fingerprint density at radius 1 is 0.941 bits per heavy atom. The van der Waals surface area contributed by atoms with Crippen LogP contribution in [-0.4, -0.2) is 24.7 Å². The highest BCUT2D eigenvalue weighted by atomic mass is 79.9. The molecule has 1 N–H and O–H groups in total. The molecule has 1 amide bonds. The molecule has 0 fully saturated rings. The van der Waals surface area contributed by atoms with E-state index in [0.717, 1.165) is 20.8 Å². The van der Waals surface area contributed by atoms with Crippen LogP contribution in [0, 0.1) is 6.92 Å². The Hall–Kier alpha value is -3.97. The number of hydrogen-bond donors (Lipinski definition) is 1. The van der Waals surface area contributed by atoms with E-state index in [1.54, 1.807) is 30.3 Å². The van der Waals surface area contributed by atoms with Gasteiger partial charge in [-0.05, 0) is 60.2 Å². The molecule has 0 heterocycles. The third-order valence-electron chi connectivity index (χ3n) is 4.95. The van der Waals surface area contributed by atoms with Crippen LogP contribution in [0.4, 0.5) is 0 Å². The molecule has 0 saturated heterocycles. The molecule has 0 unspecified atom stereocenters. The van der Waals surface area contributed by atoms with Crippen LogP contribution in [0.25, 0.3) is 10.8 Å². The van der Waals surface area contributed by atoms with E-state index >= 15 is 0 Å². The highest BCUT2D eigenvalue weighted by Gasteiger charge is 2.12. The third-order valence-corrected chi connectivity index (χ3v) is 5.44. The first-order valence-corrected chi connectivity index (χ1v) is 11.3. The van der Waals surface area contributed by atoms with Gasteiger partial charge >= 0.3 is 5.97 Å². The molecule has 0 aliphatic carbocycles. The number of amides is 1. The average molecular weight is 517 g/mol. The summed E-state index contributed by atoms with van der Waals surface area (Å²) < 4.78 is 11.9. The first-order chi connectivity index (χ1) is 16.5. The Balaban J connectivity index is 1.36. The first-order valence-electron chi connectivity index (χ1n) is 10.5. The van der Waals surface area contributed by atoms with Crippen LogP contribution in [0.3, 0.4) is 0 Å². The molecule has 34 heavy (non-hydrogen) atoms. The van der Waals surface area contributed by atoms with Gasteiger partial charge in [0.1, 0.15) is 11.5 Å². The van der Waals surface area contributed by atoms with Gasteiger partial charge in [0.25, 0.3) is 5.91 Å². The summed E-state index contributed by atoms with van der Waals surface area (Å²) in [4.78, 5) is 24.6. The van der Waals surface area contributed by atoms with Crippen LogP contribution in [0.2, 0.25) is 0 Å². The number of carbonyl (C=O) groups excluding carboxylic acids is 2. The Morgan fingerprint density at radius 2 is 1.71 bits per heavy atom. The number of nitrogens with zero attached hydrogens (tertiary/aromatic N) is 1. The number of halogens is 1. The second-order valence-electron chi connectivity index (χ2n) is 7.53. The van der Waals surface area contributed by atoms with Crippen molar-refractivity contribution in [3.8, 4) is 11.5 Å². The van der Waals surface area contributed by atoms with Crippen LogP contribution in [-0.2, 0) is 4.79 Å². The van der Waals surface area contributed by atoms with Gasteiger partial charge in [-0.3, -0.25) is 4.79 Å². The standard InChI is InChI=1S/C27H21BrN2O4/c1-18-6-8-20(9-7-18)27(32)34-25-13-11-23(28)14-22(25)16-29-30-26(31)17-33-24-12-10-19-4-2-3-5-21(19)15-24/h2-16H,17H2,1H3,(H,30,31)/b29-16-. The number of esters is 1. The maximum atomic E-state index is 12.5. The van der Waals surface area contributed by atoms with Gasteiger partial charge in [-0.2, -0.15) is 5.10 Å². The number of hydrogen-bond acceptors (Lipinski definition) is 5. The Morgan fingerprint density at radius 3 is 2.50 bits per heavy atom. The summed E-state index contributed by atoms with van der Waals surface area (Å²) in [5.74, 6) is 0.0108. The van der Waals surface area contributed by atoms with E-state index in [2.05, 4.69) is 26.5 Å². The molecular weight excluding hydrogens is 496 g/mol. The fraction of sp³-hybridized carbons (Fsp3) is 0.0741. The molecule has 0 radical (unpaired) electrons. The third kappa shape index (κ3) is 6.08. The highest BCUT2D eigenvalue weighted by molar-refractivity contribution is 9.10. The maximum absolute atomic E-state index is 12.5. The molecule has 0 aliphatic rings. The van der Waals surface area contributed by atoms with Gasteiger partial charge in [0.05, 0.1) is 11.8 Å². The number of benzene rings is 4. The summed E-state index contributed by atoms with van der Waals surface area (Å²) in [5, 5.41) is 6.10. The van der Waals surface area contributed by atoms with E-state index in [0.29, 0.717) is 22.6 Å². The van der Waals surface area contributed by atoms with Gasteiger partial charge < -0.3 is 9.47 Å². The number of nitrogens with one attached hydrogen (secondary N) is 1. The van der Waals surface area contributed by atoms with Crippen LogP contribution in [0.15, 0.2) is 94.5 Å². The van der Waals surface area contributed by atoms with Gasteiger partial charge in [0, 0.05) is 10.0 Å². The molecule has 7 heteroatoms. The largest absolute Gasteiger partial charge is 0.484 e. The number of hydrazone groups is 1. The van der Waals surface area contributed by atoms with Crippen molar-refractivity contribution in [1.82, 2.24) is 5.43 Å². The molecule has 6 nitrogen and oxygen atoms in total. The summed E-state index contributed by atoms with van der Waals surface area (Å²) in [6.45, 7) is 1.75. The SMILES string of the molecule is Cc1ccc(C(=O)Oc2ccc(Br)cc2/C=N\NC(=O)COc2ccc3ccccc3c2)cc1. The fourth-order valence-electron chi connectivity index (χ4n) is 3.17. The molecule has 0 aromatic heterocycles. The summed E-state index contributed by atoms with van der Waals surface area (Å²) in [5.41, 5.74) is 4.43. The molecule has 4 aromatic rings. The molecule has 4 aromatic carbocycles. The summed E-state index contributed by atoms with van der Waals surface area (Å²) in [6.07, 6.45) is 1.41. The number of fused-ring (bicyclic) bond motifs is 1. The van der Waals surface area contributed by atoms with Crippen molar-refractivity contribution in [2.24, 2.45) is 5.10 Å². The second-order valence-corrected chi connectivity index (χ2v) is 8.44. The van der Waals surface area contributed by atoms with Crippen molar-refractivity contribution in [1.29, 1.82) is 0 Å². The van der Waals surface area contributed by atoms with E-state index in [-0.39, 0.29) is 6.61 Å². The monoisotopic (exact) mass is 516 g/mol. The zero-order valence-electron chi connectivity index (χ0n) is 18.3. The number of aryl methyl sites for hydroxylation is 1. The van der Waals surface area contributed by atoms with Crippen molar-refractivity contribution >= 4 is 44.8 Å². The van der Waals surface area contributed by atoms with Gasteiger partial charge in [-0.15, -0.1) is 0 Å². The summed E-state index contributed by atoms with van der Waals surface area (Å²) >= 11 is 3.39. The lowest BCUT2D eigenvalue weighted by Crippen LogP contribution is -2.24. The molecular formula is C27H21BrN2O4. The maximum Gasteiger partial charge on any atom is 0.343 e. The summed E-state index contributed by atoms with van der Waals surface area (Å²) in [7, 11) is 0. The van der Waals surface area contributed by atoms with Gasteiger partial charge in [-0.1, -0.05) is 64.0 Å². The quantitative estimate of drug-likeness (QED) is 0.149. The van der Waals surface area contributed by atoms with Gasteiger partial charge in [-0.25, -0.2) is 10.2 Å². The molecule has 0 spiro atoms. The predicted octanol–water partition coefficient (Wildman–Crippen LogP) is 5.66. The van der Waals surface area contributed by atoms with Crippen LogP contribution < -0.4 is 14.9 Å². The lowest BCUT2D eigenvalue weighted by Gasteiger charge is -2.09. The predicted molar refractivity (Wildman–Crippen MR) is 135 cm³/mol. The Kier molecular flexibility index (Phi) is 7.34.